The van der Waals surface area contributed by atoms with E-state index in [1.807, 2.05) is 6.08 Å². The predicted molar refractivity (Wildman–Crippen MR) is 324 cm³/mol. The number of hydrogen-bond donors (Lipinski definition) is 6. The number of rotatable bonds is 53. The zero-order valence-electron chi connectivity index (χ0n) is 49.8. The summed E-state index contributed by atoms with van der Waals surface area (Å²) in [6.07, 6.45) is 60.6. The van der Waals surface area contributed by atoms with Crippen molar-refractivity contribution in [2.24, 2.45) is 0 Å². The van der Waals surface area contributed by atoms with Gasteiger partial charge in [0.2, 0.25) is 5.91 Å². The Labute approximate surface area is 476 Å². The molecule has 0 bridgehead atoms. The topological polar surface area (TPSA) is 175 Å². The number of unbranched alkanes of at least 4 members (excludes halogenated alkanes) is 27. The molecule has 1 aliphatic heterocycles. The van der Waals surface area contributed by atoms with Crippen molar-refractivity contribution in [3.05, 3.63) is 85.1 Å². The molecule has 1 fully saturated rings. The zero-order valence-corrected chi connectivity index (χ0v) is 49.8. The number of ether oxygens (including phenoxy) is 3. The van der Waals surface area contributed by atoms with Crippen LogP contribution in [0.5, 0.6) is 0 Å². The number of carbonyl (C=O) groups is 2. The van der Waals surface area contributed by atoms with Gasteiger partial charge in [-0.05, 0) is 89.9 Å². The average Bonchev–Trinajstić information content (AvgIpc) is 3.44. The Bertz CT molecular complexity index is 1590. The van der Waals surface area contributed by atoms with Crippen LogP contribution in [0.3, 0.4) is 0 Å². The Morgan fingerprint density at radius 1 is 0.513 bits per heavy atom. The fourth-order valence-corrected chi connectivity index (χ4v) is 9.48. The molecule has 0 aromatic rings. The zero-order chi connectivity index (χ0) is 56.8. The number of carbonyl (C=O) groups excluding carboxylic acids is 2. The third-order valence-corrected chi connectivity index (χ3v) is 14.5. The molecule has 1 amide bonds. The second kappa shape index (κ2) is 54.4. The first-order valence-corrected chi connectivity index (χ1v) is 31.9. The highest BCUT2D eigenvalue weighted by atomic mass is 16.7. The van der Waals surface area contributed by atoms with Gasteiger partial charge in [-0.25, -0.2) is 0 Å². The molecule has 450 valence electrons. The molecule has 8 unspecified atom stereocenters. The van der Waals surface area contributed by atoms with Crippen molar-refractivity contribution in [3.8, 4) is 0 Å². The lowest BCUT2D eigenvalue weighted by molar-refractivity contribution is -0.305. The molecule has 1 aliphatic rings. The minimum absolute atomic E-state index is 0.111. The highest BCUT2D eigenvalue weighted by Crippen LogP contribution is 2.26. The normalized spacial score (nSPS) is 19.5. The van der Waals surface area contributed by atoms with Gasteiger partial charge in [0, 0.05) is 6.42 Å². The Balaban J connectivity index is 2.59. The number of aliphatic hydroxyl groups excluding tert-OH is 5. The van der Waals surface area contributed by atoms with Gasteiger partial charge in [0.1, 0.15) is 24.4 Å². The van der Waals surface area contributed by atoms with Crippen LogP contribution in [0.1, 0.15) is 265 Å². The summed E-state index contributed by atoms with van der Waals surface area (Å²) in [5.74, 6) is -1.21. The summed E-state index contributed by atoms with van der Waals surface area (Å²) in [5.41, 5.74) is 0. The van der Waals surface area contributed by atoms with Gasteiger partial charge in [-0.1, -0.05) is 254 Å². The molecule has 1 rings (SSSR count). The van der Waals surface area contributed by atoms with Crippen molar-refractivity contribution in [1.82, 2.24) is 5.32 Å². The largest absolute Gasteiger partial charge is 0.454 e. The second-order valence-corrected chi connectivity index (χ2v) is 21.8. The summed E-state index contributed by atoms with van der Waals surface area (Å²) in [6.45, 7) is 5.62. The van der Waals surface area contributed by atoms with Crippen LogP contribution in [0.15, 0.2) is 85.1 Å². The Morgan fingerprint density at radius 3 is 1.44 bits per heavy atom. The van der Waals surface area contributed by atoms with Gasteiger partial charge in [-0.15, -0.1) is 0 Å². The molecule has 6 N–H and O–H groups in total. The SMILES string of the molecule is CC/C=C\C/C=C\C/C=C\C/C=C\C/C=C\CCCCCCCCCCCCC(O)C(=O)NC(COC1OC(CO)C(O)C(O)C1OC(=O)CCCCCCC/C=C\CCCC)C(O)/C=C/CCCCCCCCCCCC. The number of aliphatic hydroxyl groups is 5. The maximum Gasteiger partial charge on any atom is 0.306 e. The number of allylic oxidation sites excluding steroid dienone is 13. The van der Waals surface area contributed by atoms with Crippen LogP contribution in [0, 0.1) is 0 Å². The van der Waals surface area contributed by atoms with E-state index >= 15 is 0 Å². The molecule has 78 heavy (non-hydrogen) atoms. The molecule has 0 radical (unpaired) electrons. The van der Waals surface area contributed by atoms with E-state index in [4.69, 9.17) is 14.2 Å². The van der Waals surface area contributed by atoms with Gasteiger partial charge in [0.05, 0.1) is 25.4 Å². The fourth-order valence-electron chi connectivity index (χ4n) is 9.48. The molecule has 0 spiro atoms. The number of nitrogens with one attached hydrogen (secondary N) is 1. The van der Waals surface area contributed by atoms with E-state index in [2.05, 4.69) is 99.0 Å². The van der Waals surface area contributed by atoms with Crippen LogP contribution in [-0.4, -0.2) is 99.6 Å². The lowest BCUT2D eigenvalue weighted by Gasteiger charge is -2.41. The van der Waals surface area contributed by atoms with Crippen molar-refractivity contribution >= 4 is 11.9 Å². The molecular weight excluding hydrogens is 979 g/mol. The third kappa shape index (κ3) is 41.8. The van der Waals surface area contributed by atoms with E-state index in [0.29, 0.717) is 12.8 Å². The quantitative estimate of drug-likeness (QED) is 0.0195. The molecule has 1 heterocycles. The number of esters is 1. The molecule has 11 nitrogen and oxygen atoms in total. The van der Waals surface area contributed by atoms with Crippen molar-refractivity contribution in [2.75, 3.05) is 13.2 Å². The van der Waals surface area contributed by atoms with Crippen molar-refractivity contribution in [2.45, 2.75) is 314 Å². The van der Waals surface area contributed by atoms with Crippen LogP contribution in [0.4, 0.5) is 0 Å². The van der Waals surface area contributed by atoms with Gasteiger partial charge in [-0.3, -0.25) is 9.59 Å². The van der Waals surface area contributed by atoms with Crippen molar-refractivity contribution in [3.63, 3.8) is 0 Å². The highest BCUT2D eigenvalue weighted by molar-refractivity contribution is 5.80. The average molecular weight is 1100 g/mol. The Kier molecular flexibility index (Phi) is 50.8. The molecule has 0 aromatic heterocycles. The monoisotopic (exact) mass is 1100 g/mol. The molecule has 0 aliphatic carbocycles. The summed E-state index contributed by atoms with van der Waals surface area (Å²) in [5, 5.41) is 56.9. The molecular formula is C67H117NO10. The Hall–Kier alpha value is -3.16. The van der Waals surface area contributed by atoms with E-state index in [1.165, 1.54) is 103 Å². The molecule has 8 atom stereocenters. The molecule has 11 heteroatoms. The third-order valence-electron chi connectivity index (χ3n) is 14.5. The first-order chi connectivity index (χ1) is 38.2. The molecule has 0 aromatic carbocycles. The van der Waals surface area contributed by atoms with Gasteiger partial charge < -0.3 is 45.1 Å². The summed E-state index contributed by atoms with van der Waals surface area (Å²) >= 11 is 0. The van der Waals surface area contributed by atoms with Crippen LogP contribution in [0.2, 0.25) is 0 Å². The highest BCUT2D eigenvalue weighted by Gasteiger charge is 2.47. The van der Waals surface area contributed by atoms with E-state index in [-0.39, 0.29) is 19.4 Å². The fraction of sp³-hybridized carbons (Fsp3) is 0.761. The molecule has 1 saturated heterocycles. The van der Waals surface area contributed by atoms with E-state index < -0.39 is 67.4 Å². The van der Waals surface area contributed by atoms with E-state index in [0.717, 1.165) is 116 Å². The van der Waals surface area contributed by atoms with Crippen molar-refractivity contribution in [1.29, 1.82) is 0 Å². The maximum atomic E-state index is 13.4. The lowest BCUT2D eigenvalue weighted by Crippen LogP contribution is -2.61. The van der Waals surface area contributed by atoms with E-state index in [1.54, 1.807) is 6.08 Å². The summed E-state index contributed by atoms with van der Waals surface area (Å²) < 4.78 is 17.6. The lowest BCUT2D eigenvalue weighted by atomic mass is 9.99. The minimum Gasteiger partial charge on any atom is -0.454 e. The summed E-state index contributed by atoms with van der Waals surface area (Å²) in [4.78, 5) is 26.5. The number of hydrogen-bond acceptors (Lipinski definition) is 10. The maximum absolute atomic E-state index is 13.4. The van der Waals surface area contributed by atoms with Gasteiger partial charge in [0.15, 0.2) is 12.4 Å². The van der Waals surface area contributed by atoms with Gasteiger partial charge in [-0.2, -0.15) is 0 Å². The second-order valence-electron chi connectivity index (χ2n) is 21.8. The van der Waals surface area contributed by atoms with Crippen LogP contribution in [0.25, 0.3) is 0 Å². The van der Waals surface area contributed by atoms with Crippen LogP contribution >= 0.6 is 0 Å². The molecule has 0 saturated carbocycles. The predicted octanol–water partition coefficient (Wildman–Crippen LogP) is 15.3. The standard InChI is InChI=1S/C67H117NO10/c1-4-7-10-13-16-19-22-24-25-26-27-28-29-30-31-32-33-34-35-36-37-40-42-45-48-51-54-60(71)66(75)68-58(59(70)53-50-47-44-41-39-23-20-17-14-11-8-5-2)57-76-67-65(64(74)63(73)61(56-69)77-67)78-62(72)55-52-49-46-43-38-21-18-15-12-9-6-3/h7,10,15-16,18-19,24-25,27-28,30-31,50,53,58-61,63-65,67,69-71,73-74H,4-6,8-9,11-14,17,20-23,26,29,32-49,51-52,54-57H2,1-3H3,(H,68,75)/b10-7-,18-15-,19-16-,25-24-,28-27-,31-30-,53-50+. The van der Waals surface area contributed by atoms with Crippen molar-refractivity contribution < 1.29 is 49.3 Å². The first-order valence-electron chi connectivity index (χ1n) is 31.9. The summed E-state index contributed by atoms with van der Waals surface area (Å²) in [6, 6.07) is -1.03. The Morgan fingerprint density at radius 2 is 0.936 bits per heavy atom. The van der Waals surface area contributed by atoms with Gasteiger partial charge >= 0.3 is 5.97 Å². The van der Waals surface area contributed by atoms with Gasteiger partial charge in [0.25, 0.3) is 0 Å². The van der Waals surface area contributed by atoms with Crippen LogP contribution in [-0.2, 0) is 23.8 Å². The van der Waals surface area contributed by atoms with E-state index in [9.17, 15) is 35.1 Å². The smallest absolute Gasteiger partial charge is 0.306 e. The summed E-state index contributed by atoms with van der Waals surface area (Å²) in [7, 11) is 0. The first kappa shape index (κ1) is 72.9. The number of amides is 1. The van der Waals surface area contributed by atoms with Crippen LogP contribution < -0.4 is 5.32 Å². The minimum atomic E-state index is -1.62.